The predicted molar refractivity (Wildman–Crippen MR) is 93.1 cm³/mol. The maximum Gasteiger partial charge on any atom is 1.00 e. The number of aromatic amines is 1. The summed E-state index contributed by atoms with van der Waals surface area (Å²) >= 11 is 0. The van der Waals surface area contributed by atoms with E-state index in [-0.39, 0.29) is 114 Å². The number of imidazole rings is 1. The Hall–Kier alpha value is 1.52. The molecule has 1 aliphatic rings. The van der Waals surface area contributed by atoms with Gasteiger partial charge >= 0.3 is 88.7 Å². The molecule has 17 nitrogen and oxygen atoms in total. The van der Waals surface area contributed by atoms with Gasteiger partial charge in [0.15, 0.2) is 18.4 Å². The Balaban J connectivity index is 0. The van der Waals surface area contributed by atoms with E-state index in [4.69, 9.17) is 10.5 Å². The van der Waals surface area contributed by atoms with Crippen LogP contribution in [0.25, 0.3) is 11.2 Å². The molecule has 23 heteroatoms. The van der Waals surface area contributed by atoms with Gasteiger partial charge in [-0.25, -0.2) is 4.98 Å². The van der Waals surface area contributed by atoms with Gasteiger partial charge in [-0.05, 0) is 7.28 Å². The average molecular weight is 571 g/mol. The van der Waals surface area contributed by atoms with Crippen molar-refractivity contribution in [1.82, 2.24) is 19.5 Å². The first kappa shape index (κ1) is 35.5. The largest absolute Gasteiger partial charge is 1.00 e. The van der Waals surface area contributed by atoms with Crippen molar-refractivity contribution in [3.63, 3.8) is 0 Å². The molecule has 34 heavy (non-hydrogen) atoms. The van der Waals surface area contributed by atoms with E-state index in [2.05, 4.69) is 19.5 Å². The summed E-state index contributed by atoms with van der Waals surface area (Å²) in [7, 11) is -12.8. The van der Waals surface area contributed by atoms with Crippen molar-refractivity contribution in [3.05, 3.63) is 16.7 Å². The molecule has 1 saturated heterocycles. The number of fused-ring (bicyclic) bond motifs is 1. The van der Waals surface area contributed by atoms with Crippen LogP contribution in [0.15, 0.2) is 11.1 Å². The van der Waals surface area contributed by atoms with E-state index >= 15 is 0 Å². The number of rotatable bonds is 7. The van der Waals surface area contributed by atoms with E-state index in [9.17, 15) is 48.3 Å². The van der Waals surface area contributed by atoms with Gasteiger partial charge in [-0.2, -0.15) is 4.98 Å². The molecular formula is C11H15N5Na3O12P3-2. The zero-order valence-corrected chi connectivity index (χ0v) is 26.7. The number of aromatic nitrogens is 4. The van der Waals surface area contributed by atoms with Crippen LogP contribution in [-0.2, 0) is 29.5 Å². The molecule has 0 aliphatic carbocycles. The first-order valence-corrected chi connectivity index (χ1v) is 14.3. The molecule has 0 bridgehead atoms. The monoisotopic (exact) mass is 571 g/mol. The summed E-state index contributed by atoms with van der Waals surface area (Å²) in [6.45, 7) is -8.03. The van der Waals surface area contributed by atoms with E-state index in [1.54, 1.807) is 0 Å². The van der Waals surface area contributed by atoms with E-state index in [0.717, 1.165) is 6.33 Å². The third-order valence-corrected chi connectivity index (χ3v) is 14.1. The van der Waals surface area contributed by atoms with E-state index < -0.39 is 57.9 Å². The van der Waals surface area contributed by atoms with E-state index in [1.165, 1.54) is 4.57 Å². The third-order valence-electron chi connectivity index (χ3n) is 4.35. The van der Waals surface area contributed by atoms with Gasteiger partial charge in [0.1, 0.15) is 31.2 Å². The molecule has 2 aromatic rings. The van der Waals surface area contributed by atoms with Gasteiger partial charge in [-0.3, -0.25) is 9.78 Å². The molecule has 2 unspecified atom stereocenters. The number of nitrogen functional groups attached to an aromatic ring is 1. The summed E-state index contributed by atoms with van der Waals surface area (Å²) in [4.78, 5) is 66.0. The summed E-state index contributed by atoms with van der Waals surface area (Å²) in [6.07, 6.45) is -5.10. The molecule has 0 amide bonds. The summed E-state index contributed by atoms with van der Waals surface area (Å²) in [5, 5.41) is 20.2. The van der Waals surface area contributed by atoms with Crippen molar-refractivity contribution in [2.45, 2.75) is 31.0 Å². The molecule has 0 spiro atoms. The zero-order valence-electron chi connectivity index (χ0n) is 19.0. The fourth-order valence-corrected chi connectivity index (χ4v) is 7.86. The van der Waals surface area contributed by atoms with Crippen LogP contribution in [0.4, 0.5) is 5.95 Å². The molecular weight excluding hydrogens is 556 g/mol. The summed E-state index contributed by atoms with van der Waals surface area (Å²) in [6, 6.07) is 0. The average Bonchev–Trinajstić information content (AvgIpc) is 3.15. The normalized spacial score (nSPS) is 25.9. The zero-order chi connectivity index (χ0) is 23.4. The van der Waals surface area contributed by atoms with Crippen LogP contribution in [-0.4, -0.2) is 60.8 Å². The number of aliphatic hydroxyl groups excluding tert-OH is 2. The van der Waals surface area contributed by atoms with Gasteiger partial charge in [0, 0.05) is 0 Å². The molecule has 0 saturated carbocycles. The Morgan fingerprint density at radius 1 is 1.15 bits per heavy atom. The second-order valence-corrected chi connectivity index (χ2v) is 16.6. The number of nitrogens with one attached hydrogen (secondary N) is 1. The summed E-state index contributed by atoms with van der Waals surface area (Å²) in [5.74, 6) is -0.222. The molecule has 5 N–H and O–H groups in total. The number of ether oxygens (including phenoxy) is 1. The maximum atomic E-state index is 11.8. The standard InChI is InChI=1S/C11H18N5O12P3.3Na.H/c12-11-14-9-6(10(19)15-11)13-3-16(9)1-4-7(17)8(18)5(28-4)2-27-30(23,24)31(25,26)29(20,21)22;;;;/h3-5,7-8,17-18H,1-2H2,(H,23,24)(H,25,26)(H2,20,21,22)(H3,12,14,15,19);;;;/q;3*+1;-1/p-4/t4-,5+,7-,8+;;;;/m1..../s1. The van der Waals surface area contributed by atoms with Crippen LogP contribution in [0.2, 0.25) is 0 Å². The first-order valence-electron chi connectivity index (χ1n) is 8.17. The molecule has 6 atom stereocenters. The summed E-state index contributed by atoms with van der Waals surface area (Å²) < 4.78 is 44.2. The molecule has 176 valence electrons. The Morgan fingerprint density at radius 2 is 1.71 bits per heavy atom. The van der Waals surface area contributed by atoms with Crippen molar-refractivity contribution in [2.75, 3.05) is 12.3 Å². The number of H-pyrrole nitrogens is 1. The second kappa shape index (κ2) is 13.0. The van der Waals surface area contributed by atoms with E-state index in [1.807, 2.05) is 0 Å². The van der Waals surface area contributed by atoms with Gasteiger partial charge in [0.25, 0.3) is 5.56 Å². The second-order valence-electron chi connectivity index (χ2n) is 6.44. The molecule has 3 heterocycles. The number of anilines is 1. The minimum absolute atomic E-state index is 0. The van der Waals surface area contributed by atoms with Gasteiger partial charge in [0.05, 0.1) is 19.5 Å². The maximum absolute atomic E-state index is 11.8. The van der Waals surface area contributed by atoms with Gasteiger partial charge < -0.3 is 64.5 Å². The van der Waals surface area contributed by atoms with Crippen molar-refractivity contribution < 1.29 is 143 Å². The number of hydrogen-bond acceptors (Lipinski definition) is 15. The van der Waals surface area contributed by atoms with Gasteiger partial charge in [-0.15, -0.1) is 0 Å². The number of hydrogen-bond donors (Lipinski definition) is 4. The fraction of sp³-hybridized carbons (Fsp3) is 0.545. The van der Waals surface area contributed by atoms with Crippen molar-refractivity contribution in [2.24, 2.45) is 0 Å². The molecule has 0 radical (unpaired) electrons. The van der Waals surface area contributed by atoms with Crippen LogP contribution in [0.1, 0.15) is 1.43 Å². The number of nitrogens with zero attached hydrogens (tertiary/aromatic N) is 3. The Kier molecular flexibility index (Phi) is 13.6. The first-order chi connectivity index (χ1) is 14.2. The smallest absolute Gasteiger partial charge is 1.00 e. The minimum atomic E-state index is -6.57. The molecule has 1 fully saturated rings. The van der Waals surface area contributed by atoms with E-state index in [0.29, 0.717) is 0 Å². The summed E-state index contributed by atoms with van der Waals surface area (Å²) in [5.41, 5.74) is 4.76. The Morgan fingerprint density at radius 3 is 2.26 bits per heavy atom. The van der Waals surface area contributed by atoms with Crippen LogP contribution < -0.4 is 120 Å². The Labute approximate surface area is 258 Å². The topological polar surface area (TPSA) is 292 Å². The SMILES string of the molecule is Nc1nc2c(ncn2C[C@H]2O[C@@H](COP(=O)([O-])P(=O)([O-])P(=O)([O-])[O-])[C@H](O)[C@@H]2O)c(=O)[nH]1.[H-].[Na+].[Na+].[Na+]. The Bertz CT molecular complexity index is 1210. The molecule has 1 aliphatic heterocycles. The quantitative estimate of drug-likeness (QED) is 0.177. The van der Waals surface area contributed by atoms with Crippen molar-refractivity contribution in [3.8, 4) is 0 Å². The minimum Gasteiger partial charge on any atom is -1.00 e. The van der Waals surface area contributed by atoms with Crippen LogP contribution in [0.3, 0.4) is 0 Å². The van der Waals surface area contributed by atoms with Crippen LogP contribution in [0, 0.1) is 0 Å². The van der Waals surface area contributed by atoms with Crippen LogP contribution >= 0.6 is 21.3 Å². The fourth-order valence-electron chi connectivity index (χ4n) is 2.79. The molecule has 2 aromatic heterocycles. The predicted octanol–water partition coefficient (Wildman–Crippen LogP) is -13.7. The molecule has 3 rings (SSSR count). The van der Waals surface area contributed by atoms with Crippen molar-refractivity contribution >= 4 is 38.4 Å². The molecule has 0 aromatic carbocycles. The number of aliphatic hydroxyl groups is 2. The van der Waals surface area contributed by atoms with Gasteiger partial charge in [0.2, 0.25) is 5.95 Å². The third kappa shape index (κ3) is 7.13. The van der Waals surface area contributed by atoms with Crippen LogP contribution in [0.5, 0.6) is 0 Å². The van der Waals surface area contributed by atoms with Crippen molar-refractivity contribution in [1.29, 1.82) is 0 Å². The number of nitrogens with two attached hydrogens (primary N) is 1. The van der Waals surface area contributed by atoms with Gasteiger partial charge in [-0.1, -0.05) is 0 Å².